The third-order valence-corrected chi connectivity index (χ3v) is 2.81. The van der Waals surface area contributed by atoms with Gasteiger partial charge in [-0.05, 0) is 45.0 Å². The smallest absolute Gasteiger partial charge is 0.416 e. The highest BCUT2D eigenvalue weighted by Gasteiger charge is 2.30. The number of alkyl halides is 3. The number of nitrogens with one attached hydrogen (secondary N) is 1. The van der Waals surface area contributed by atoms with Gasteiger partial charge < -0.3 is 10.1 Å². The third-order valence-electron chi connectivity index (χ3n) is 2.81. The summed E-state index contributed by atoms with van der Waals surface area (Å²) >= 11 is 0. The van der Waals surface area contributed by atoms with E-state index in [0.717, 1.165) is 12.1 Å². The summed E-state index contributed by atoms with van der Waals surface area (Å²) in [6.45, 7) is 5.32. The van der Waals surface area contributed by atoms with Gasteiger partial charge in [-0.2, -0.15) is 13.2 Å². The van der Waals surface area contributed by atoms with E-state index in [4.69, 9.17) is 4.74 Å². The molecular formula is C15H17F3N4O2. The largest absolute Gasteiger partial charge is 0.444 e. The Hall–Kier alpha value is -2.58. The number of amides is 1. The Morgan fingerprint density at radius 1 is 1.21 bits per heavy atom. The van der Waals surface area contributed by atoms with Crippen LogP contribution in [-0.4, -0.2) is 26.7 Å². The Balaban J connectivity index is 1.99. The summed E-state index contributed by atoms with van der Waals surface area (Å²) in [4.78, 5) is 11.5. The molecule has 2 rings (SSSR count). The Morgan fingerprint density at radius 2 is 1.83 bits per heavy atom. The molecule has 0 fully saturated rings. The number of nitrogens with zero attached hydrogens (tertiary/aromatic N) is 3. The molecule has 1 heterocycles. The minimum atomic E-state index is -4.39. The normalized spacial score (nSPS) is 12.1. The minimum absolute atomic E-state index is 0.0928. The average molecular weight is 342 g/mol. The van der Waals surface area contributed by atoms with Crippen LogP contribution in [0, 0.1) is 0 Å². The van der Waals surface area contributed by atoms with Gasteiger partial charge in [-0.3, -0.25) is 0 Å². The predicted octanol–water partition coefficient (Wildman–Crippen LogP) is 3.31. The fraction of sp³-hybridized carbons (Fsp3) is 0.400. The zero-order valence-electron chi connectivity index (χ0n) is 13.4. The number of alkyl carbamates (subject to hydrolysis) is 1. The lowest BCUT2D eigenvalue weighted by atomic mass is 10.2. The van der Waals surface area contributed by atoms with Crippen LogP contribution in [0.2, 0.25) is 0 Å². The molecule has 0 bridgehead atoms. The Kier molecular flexibility index (Phi) is 4.81. The second kappa shape index (κ2) is 6.50. The van der Waals surface area contributed by atoms with Gasteiger partial charge in [0.2, 0.25) is 0 Å². The van der Waals surface area contributed by atoms with Crippen molar-refractivity contribution >= 4 is 6.09 Å². The van der Waals surface area contributed by atoms with Crippen molar-refractivity contribution in [3.8, 4) is 5.69 Å². The molecule has 9 heteroatoms. The summed E-state index contributed by atoms with van der Waals surface area (Å²) in [5, 5.41) is 10.2. The maximum atomic E-state index is 12.5. The van der Waals surface area contributed by atoms with Crippen molar-refractivity contribution in [2.24, 2.45) is 0 Å². The van der Waals surface area contributed by atoms with Crippen LogP contribution < -0.4 is 5.32 Å². The molecule has 1 N–H and O–H groups in total. The number of carbonyl (C=O) groups excluding carboxylic acids is 1. The van der Waals surface area contributed by atoms with E-state index in [0.29, 0.717) is 11.4 Å². The van der Waals surface area contributed by atoms with Crippen LogP contribution in [0.3, 0.4) is 0 Å². The van der Waals surface area contributed by atoms with Crippen molar-refractivity contribution in [1.82, 2.24) is 20.3 Å². The molecular weight excluding hydrogens is 325 g/mol. The van der Waals surface area contributed by atoms with Crippen LogP contribution in [0.25, 0.3) is 5.69 Å². The lowest BCUT2D eigenvalue weighted by Crippen LogP contribution is -2.32. The summed E-state index contributed by atoms with van der Waals surface area (Å²) in [6.07, 6.45) is -3.46. The molecule has 0 radical (unpaired) electrons. The number of ether oxygens (including phenoxy) is 1. The summed E-state index contributed by atoms with van der Waals surface area (Å²) in [5.74, 6) is 0. The first-order chi connectivity index (χ1) is 11.0. The summed E-state index contributed by atoms with van der Waals surface area (Å²) < 4.78 is 44.0. The minimum Gasteiger partial charge on any atom is -0.444 e. The number of rotatable bonds is 3. The summed E-state index contributed by atoms with van der Waals surface area (Å²) in [7, 11) is 0. The third kappa shape index (κ3) is 4.97. The number of aromatic nitrogens is 3. The standard InChI is InChI=1S/C15H17F3N4O2/c1-14(2,3)24-13(23)19-8-11-9-22(21-20-11)12-6-4-10(5-7-12)15(16,17)18/h4-7,9H,8H2,1-3H3,(H,19,23). The molecule has 1 amide bonds. The highest BCUT2D eigenvalue weighted by molar-refractivity contribution is 5.67. The number of hydrogen-bond acceptors (Lipinski definition) is 4. The molecule has 0 saturated heterocycles. The lowest BCUT2D eigenvalue weighted by Gasteiger charge is -2.19. The van der Waals surface area contributed by atoms with E-state index >= 15 is 0 Å². The number of benzene rings is 1. The van der Waals surface area contributed by atoms with Crippen LogP contribution >= 0.6 is 0 Å². The van der Waals surface area contributed by atoms with Gasteiger partial charge in [-0.1, -0.05) is 5.21 Å². The van der Waals surface area contributed by atoms with Gasteiger partial charge in [0.05, 0.1) is 24.0 Å². The second-order valence-electron chi connectivity index (χ2n) is 6.05. The highest BCUT2D eigenvalue weighted by Crippen LogP contribution is 2.29. The molecule has 1 aromatic carbocycles. The summed E-state index contributed by atoms with van der Waals surface area (Å²) in [5.41, 5.74) is -0.472. The zero-order valence-corrected chi connectivity index (χ0v) is 13.4. The van der Waals surface area contributed by atoms with Crippen molar-refractivity contribution in [2.75, 3.05) is 0 Å². The average Bonchev–Trinajstić information content (AvgIpc) is 2.91. The monoisotopic (exact) mass is 342 g/mol. The first-order valence-electron chi connectivity index (χ1n) is 7.10. The molecule has 0 saturated carbocycles. The van der Waals surface area contributed by atoms with Gasteiger partial charge in [0.15, 0.2) is 0 Å². The fourth-order valence-corrected chi connectivity index (χ4v) is 1.79. The Morgan fingerprint density at radius 3 is 2.38 bits per heavy atom. The van der Waals surface area contributed by atoms with E-state index in [1.54, 1.807) is 20.8 Å². The van der Waals surface area contributed by atoms with Crippen molar-refractivity contribution in [2.45, 2.75) is 39.1 Å². The number of hydrogen-bond donors (Lipinski definition) is 1. The van der Waals surface area contributed by atoms with Gasteiger partial charge in [0.1, 0.15) is 11.3 Å². The fourth-order valence-electron chi connectivity index (χ4n) is 1.79. The zero-order chi connectivity index (χ0) is 18.0. The van der Waals surface area contributed by atoms with Gasteiger partial charge in [-0.15, -0.1) is 5.10 Å². The molecule has 2 aromatic rings. The van der Waals surface area contributed by atoms with Crippen LogP contribution in [-0.2, 0) is 17.5 Å². The van der Waals surface area contributed by atoms with Crippen molar-refractivity contribution < 1.29 is 22.7 Å². The SMILES string of the molecule is CC(C)(C)OC(=O)NCc1cn(-c2ccc(C(F)(F)F)cc2)nn1. The first-order valence-corrected chi connectivity index (χ1v) is 7.10. The number of halogens is 3. The van der Waals surface area contributed by atoms with E-state index in [1.807, 2.05) is 0 Å². The van der Waals surface area contributed by atoms with E-state index in [2.05, 4.69) is 15.6 Å². The van der Waals surface area contributed by atoms with Gasteiger partial charge >= 0.3 is 12.3 Å². The molecule has 0 aliphatic carbocycles. The molecule has 24 heavy (non-hydrogen) atoms. The van der Waals surface area contributed by atoms with E-state index in [1.165, 1.54) is 23.0 Å². The molecule has 130 valence electrons. The molecule has 0 aliphatic rings. The van der Waals surface area contributed by atoms with E-state index in [-0.39, 0.29) is 6.54 Å². The molecule has 0 atom stereocenters. The van der Waals surface area contributed by atoms with Crippen molar-refractivity contribution in [3.05, 3.63) is 41.7 Å². The molecule has 0 spiro atoms. The van der Waals surface area contributed by atoms with Crippen molar-refractivity contribution in [1.29, 1.82) is 0 Å². The predicted molar refractivity (Wildman–Crippen MR) is 79.4 cm³/mol. The van der Waals surface area contributed by atoms with Crippen LogP contribution in [0.1, 0.15) is 32.0 Å². The molecule has 1 aromatic heterocycles. The van der Waals surface area contributed by atoms with E-state index < -0.39 is 23.4 Å². The Labute approximate surface area is 136 Å². The lowest BCUT2D eigenvalue weighted by molar-refractivity contribution is -0.137. The first kappa shape index (κ1) is 17.8. The van der Waals surface area contributed by atoms with Gasteiger partial charge in [-0.25, -0.2) is 9.48 Å². The van der Waals surface area contributed by atoms with Crippen LogP contribution in [0.15, 0.2) is 30.5 Å². The number of carbonyl (C=O) groups is 1. The van der Waals surface area contributed by atoms with Gasteiger partial charge in [0.25, 0.3) is 0 Å². The highest BCUT2D eigenvalue weighted by atomic mass is 19.4. The maximum Gasteiger partial charge on any atom is 0.416 e. The summed E-state index contributed by atoms with van der Waals surface area (Å²) in [6, 6.07) is 4.52. The molecule has 6 nitrogen and oxygen atoms in total. The Bertz CT molecular complexity index is 703. The molecule has 0 unspecified atom stereocenters. The van der Waals surface area contributed by atoms with Crippen LogP contribution in [0.5, 0.6) is 0 Å². The van der Waals surface area contributed by atoms with Crippen molar-refractivity contribution in [3.63, 3.8) is 0 Å². The topological polar surface area (TPSA) is 69.0 Å². The van der Waals surface area contributed by atoms with Gasteiger partial charge in [0, 0.05) is 0 Å². The molecule has 0 aliphatic heterocycles. The maximum absolute atomic E-state index is 12.5. The van der Waals surface area contributed by atoms with Crippen LogP contribution in [0.4, 0.5) is 18.0 Å². The second-order valence-corrected chi connectivity index (χ2v) is 6.05. The van der Waals surface area contributed by atoms with E-state index in [9.17, 15) is 18.0 Å². The quantitative estimate of drug-likeness (QED) is 0.929.